The normalized spacial score (nSPS) is 24.8. The van der Waals surface area contributed by atoms with Gasteiger partial charge in [0, 0.05) is 43.3 Å². The summed E-state index contributed by atoms with van der Waals surface area (Å²) in [5, 5.41) is 14.5. The maximum absolute atomic E-state index is 13.1. The second-order valence-corrected chi connectivity index (χ2v) is 12.3. The van der Waals surface area contributed by atoms with Crippen LogP contribution in [0.15, 0.2) is 46.2 Å². The molecule has 0 aromatic heterocycles. The fraction of sp³-hybridized carbons (Fsp3) is 0.406. The Balaban J connectivity index is 1.05. The number of rotatable bonds is 6. The highest BCUT2D eigenvalue weighted by Crippen LogP contribution is 2.61. The van der Waals surface area contributed by atoms with Crippen molar-refractivity contribution >= 4 is 41.4 Å². The number of nitrogens with zero attached hydrogens (tertiary/aromatic N) is 4. The number of allylic oxidation sites excluding steroid dienone is 3. The zero-order valence-corrected chi connectivity index (χ0v) is 24.4. The van der Waals surface area contributed by atoms with Gasteiger partial charge in [-0.15, -0.1) is 0 Å². The highest BCUT2D eigenvalue weighted by atomic mass is 16.2. The van der Waals surface area contributed by atoms with E-state index in [1.54, 1.807) is 32.0 Å². The van der Waals surface area contributed by atoms with Gasteiger partial charge in [-0.3, -0.25) is 39.2 Å². The molecular formula is C32H31N7O5. The Labute approximate surface area is 254 Å². The third-order valence-electron chi connectivity index (χ3n) is 8.93. The van der Waals surface area contributed by atoms with Gasteiger partial charge in [-0.2, -0.15) is 5.26 Å². The minimum absolute atomic E-state index is 0.0231. The van der Waals surface area contributed by atoms with Gasteiger partial charge in [0.2, 0.25) is 11.8 Å². The van der Waals surface area contributed by atoms with Crippen molar-refractivity contribution in [2.75, 3.05) is 18.0 Å². The van der Waals surface area contributed by atoms with Crippen molar-refractivity contribution in [1.29, 1.82) is 5.26 Å². The van der Waals surface area contributed by atoms with Crippen LogP contribution in [0.3, 0.4) is 0 Å². The summed E-state index contributed by atoms with van der Waals surface area (Å²) in [6.45, 7) is 4.59. The number of hydrogen-bond donors (Lipinski definition) is 3. The molecule has 12 nitrogen and oxygen atoms in total. The summed E-state index contributed by atoms with van der Waals surface area (Å²) in [6.07, 6.45) is 5.16. The summed E-state index contributed by atoms with van der Waals surface area (Å²) in [4.78, 5) is 70.2. The average Bonchev–Trinajstić information content (AvgIpc) is 3.53. The third kappa shape index (κ3) is 4.92. The molecule has 0 bridgehead atoms. The number of hydrogen-bond acceptors (Lipinski definition) is 9. The third-order valence-corrected chi connectivity index (χ3v) is 8.93. The molecule has 2 atom stereocenters. The lowest BCUT2D eigenvalue weighted by Gasteiger charge is -2.38. The SMILES string of the molecule is CC(C)(N=CC(C#CC1CN(c2ccc3c(c2)C(=O)N(C2CCC(=O)NC2=O)C3=O)C1)=CN)C(=O)NC1=C2CC2(C#N)CC1. The molecule has 3 fully saturated rings. The standard InChI is InChI=1S/C32H31N7O5/c1-31(2,30(44)36-24-9-10-32(17-34)12-23(24)32)35-14-18(13-33)3-4-19-15-38(16-19)20-5-6-21-22(11-20)29(43)39(28(21)42)25-7-8-26(40)37-27(25)41/h5-6,11,13-14,19,25H,7-10,12,15-16,33H2,1-2H3,(H,36,44)(H,37,40,41). The van der Waals surface area contributed by atoms with Crippen molar-refractivity contribution < 1.29 is 24.0 Å². The maximum Gasteiger partial charge on any atom is 0.262 e. The van der Waals surface area contributed by atoms with E-state index in [0.717, 1.165) is 34.7 Å². The van der Waals surface area contributed by atoms with E-state index in [4.69, 9.17) is 5.73 Å². The number of benzene rings is 1. The number of anilines is 1. The van der Waals surface area contributed by atoms with Gasteiger partial charge in [-0.25, -0.2) is 0 Å². The Bertz CT molecular complexity index is 1730. The lowest BCUT2D eigenvalue weighted by molar-refractivity contribution is -0.136. The van der Waals surface area contributed by atoms with E-state index >= 15 is 0 Å². The highest BCUT2D eigenvalue weighted by Gasteiger charge is 2.55. The van der Waals surface area contributed by atoms with Crippen molar-refractivity contribution in [1.82, 2.24) is 15.5 Å². The first kappa shape index (κ1) is 28.9. The minimum Gasteiger partial charge on any atom is -0.404 e. The molecule has 5 amide bonds. The molecule has 2 saturated heterocycles. The Morgan fingerprint density at radius 3 is 2.59 bits per heavy atom. The van der Waals surface area contributed by atoms with E-state index in [1.807, 2.05) is 4.90 Å². The maximum atomic E-state index is 13.1. The van der Waals surface area contributed by atoms with E-state index in [2.05, 4.69) is 33.5 Å². The van der Waals surface area contributed by atoms with Gasteiger partial charge >= 0.3 is 0 Å². The zero-order chi connectivity index (χ0) is 31.4. The number of nitrogens with two attached hydrogens (primary N) is 1. The molecule has 0 spiro atoms. The van der Waals surface area contributed by atoms with Gasteiger partial charge in [-0.1, -0.05) is 11.8 Å². The second-order valence-electron chi connectivity index (χ2n) is 12.3. The molecule has 6 rings (SSSR count). The molecule has 3 heterocycles. The van der Waals surface area contributed by atoms with Crippen LogP contribution in [0.2, 0.25) is 0 Å². The van der Waals surface area contributed by atoms with E-state index in [-0.39, 0.29) is 41.2 Å². The first-order valence-electron chi connectivity index (χ1n) is 14.5. The monoisotopic (exact) mass is 593 g/mol. The molecule has 12 heteroatoms. The number of nitriles is 1. The molecule has 0 radical (unpaired) electrons. The largest absolute Gasteiger partial charge is 0.404 e. The molecule has 1 aromatic carbocycles. The molecule has 5 aliphatic rings. The van der Waals surface area contributed by atoms with Gasteiger partial charge in [0.1, 0.15) is 11.6 Å². The molecule has 2 unspecified atom stereocenters. The Morgan fingerprint density at radius 2 is 1.93 bits per heavy atom. The fourth-order valence-corrected chi connectivity index (χ4v) is 6.00. The molecule has 3 aliphatic heterocycles. The van der Waals surface area contributed by atoms with Gasteiger partial charge in [0.05, 0.1) is 34.1 Å². The van der Waals surface area contributed by atoms with Crippen molar-refractivity contribution in [2.24, 2.45) is 22.1 Å². The predicted octanol–water partition coefficient (Wildman–Crippen LogP) is 1.30. The van der Waals surface area contributed by atoms with Crippen molar-refractivity contribution in [3.8, 4) is 17.9 Å². The molecule has 2 aliphatic carbocycles. The number of piperidine rings is 1. The lowest BCUT2D eigenvalue weighted by Crippen LogP contribution is -2.54. The first-order valence-corrected chi connectivity index (χ1v) is 14.5. The van der Waals surface area contributed by atoms with Gasteiger partial charge < -0.3 is 16.0 Å². The van der Waals surface area contributed by atoms with Crippen LogP contribution in [0.25, 0.3) is 0 Å². The Hall–Kier alpha value is -5.23. The summed E-state index contributed by atoms with van der Waals surface area (Å²) in [7, 11) is 0. The molecule has 1 saturated carbocycles. The number of carbonyl (C=O) groups is 5. The molecular weight excluding hydrogens is 562 g/mol. The molecule has 4 N–H and O–H groups in total. The van der Waals surface area contributed by atoms with Crippen LogP contribution in [0.5, 0.6) is 0 Å². The summed E-state index contributed by atoms with van der Waals surface area (Å²) in [5.41, 5.74) is 7.91. The van der Waals surface area contributed by atoms with Crippen molar-refractivity contribution in [3.63, 3.8) is 0 Å². The molecule has 224 valence electrons. The number of amides is 5. The van der Waals surface area contributed by atoms with Crippen LogP contribution in [-0.2, 0) is 14.4 Å². The predicted molar refractivity (Wildman–Crippen MR) is 158 cm³/mol. The van der Waals surface area contributed by atoms with Crippen molar-refractivity contribution in [2.45, 2.75) is 57.5 Å². The second kappa shape index (κ2) is 10.5. The van der Waals surface area contributed by atoms with Crippen LogP contribution in [-0.4, -0.2) is 65.3 Å². The Kier molecular flexibility index (Phi) is 6.88. The van der Waals surface area contributed by atoms with Gasteiger partial charge in [0.25, 0.3) is 17.7 Å². The number of nitrogens with one attached hydrogen (secondary N) is 2. The lowest BCUT2D eigenvalue weighted by atomic mass is 9.98. The Morgan fingerprint density at radius 1 is 1.18 bits per heavy atom. The van der Waals surface area contributed by atoms with E-state index in [1.165, 1.54) is 12.4 Å². The highest BCUT2D eigenvalue weighted by molar-refractivity contribution is 6.23. The fourth-order valence-electron chi connectivity index (χ4n) is 6.00. The summed E-state index contributed by atoms with van der Waals surface area (Å²) >= 11 is 0. The van der Waals surface area contributed by atoms with E-state index < -0.39 is 35.2 Å². The van der Waals surface area contributed by atoms with Crippen LogP contribution in [0.4, 0.5) is 5.69 Å². The number of aliphatic imine (C=N–C) groups is 1. The topological polar surface area (TPSA) is 178 Å². The molecule has 1 aromatic rings. The quantitative estimate of drug-likeness (QED) is 0.251. The first-order chi connectivity index (χ1) is 21.0. The van der Waals surface area contributed by atoms with E-state index in [9.17, 15) is 29.2 Å². The number of imide groups is 2. The summed E-state index contributed by atoms with van der Waals surface area (Å²) in [6, 6.07) is 6.35. The minimum atomic E-state index is -1.07. The van der Waals surface area contributed by atoms with Crippen LogP contribution in [0.1, 0.15) is 66.7 Å². The summed E-state index contributed by atoms with van der Waals surface area (Å²) in [5.74, 6) is 3.81. The number of fused-ring (bicyclic) bond motifs is 2. The van der Waals surface area contributed by atoms with E-state index in [0.29, 0.717) is 25.1 Å². The van der Waals surface area contributed by atoms with Gasteiger partial charge in [0.15, 0.2) is 0 Å². The summed E-state index contributed by atoms with van der Waals surface area (Å²) < 4.78 is 0. The van der Waals surface area contributed by atoms with Crippen molar-refractivity contribution in [3.05, 3.63) is 52.4 Å². The van der Waals surface area contributed by atoms with Crippen LogP contribution >= 0.6 is 0 Å². The zero-order valence-electron chi connectivity index (χ0n) is 24.4. The number of carbonyl (C=O) groups excluding carboxylic acids is 5. The average molecular weight is 594 g/mol. The smallest absolute Gasteiger partial charge is 0.262 e. The van der Waals surface area contributed by atoms with Gasteiger partial charge in [-0.05, 0) is 63.3 Å². The molecule has 44 heavy (non-hydrogen) atoms. The van der Waals surface area contributed by atoms with Crippen LogP contribution < -0.4 is 21.3 Å². The van der Waals surface area contributed by atoms with Crippen LogP contribution in [0, 0.1) is 34.5 Å².